The van der Waals surface area contributed by atoms with Crippen LogP contribution in [0.2, 0.25) is 5.02 Å². The van der Waals surface area contributed by atoms with Gasteiger partial charge in [0.25, 0.3) is 0 Å². The second kappa shape index (κ2) is 7.11. The zero-order valence-corrected chi connectivity index (χ0v) is 12.7. The second-order valence-corrected chi connectivity index (χ2v) is 5.10. The quantitative estimate of drug-likeness (QED) is 0.790. The lowest BCUT2D eigenvalue weighted by Crippen LogP contribution is -2.19. The van der Waals surface area contributed by atoms with E-state index in [4.69, 9.17) is 11.6 Å². The van der Waals surface area contributed by atoms with Crippen molar-refractivity contribution in [1.82, 2.24) is 5.32 Å². The summed E-state index contributed by atoms with van der Waals surface area (Å²) in [5.41, 5.74) is 2.47. The van der Waals surface area contributed by atoms with Crippen LogP contribution in [0.1, 0.15) is 18.5 Å². The van der Waals surface area contributed by atoms with Crippen LogP contribution in [0, 0.1) is 0 Å². The first-order valence-electron chi connectivity index (χ1n) is 6.70. The molecule has 110 valence electrons. The van der Waals surface area contributed by atoms with E-state index in [1.807, 2.05) is 43.4 Å². The molecule has 3 N–H and O–H groups in total. The van der Waals surface area contributed by atoms with Gasteiger partial charge in [-0.05, 0) is 43.8 Å². The molecule has 0 fully saturated rings. The molecule has 0 aliphatic carbocycles. The van der Waals surface area contributed by atoms with E-state index >= 15 is 0 Å². The maximum Gasteiger partial charge on any atom is 0.323 e. The van der Waals surface area contributed by atoms with E-state index < -0.39 is 0 Å². The first kappa shape index (κ1) is 15.4. The number of benzene rings is 2. The summed E-state index contributed by atoms with van der Waals surface area (Å²) >= 11 is 5.99. The molecule has 2 aromatic carbocycles. The number of rotatable bonds is 4. The summed E-state index contributed by atoms with van der Waals surface area (Å²) in [6.07, 6.45) is 0. The largest absolute Gasteiger partial charge is 0.323 e. The minimum absolute atomic E-state index is 0.274. The van der Waals surface area contributed by atoms with Gasteiger partial charge in [-0.2, -0.15) is 0 Å². The van der Waals surface area contributed by atoms with Gasteiger partial charge in [-0.15, -0.1) is 0 Å². The minimum atomic E-state index is -0.322. The highest BCUT2D eigenvalue weighted by atomic mass is 35.5. The molecule has 0 heterocycles. The molecule has 2 amide bonds. The van der Waals surface area contributed by atoms with Gasteiger partial charge >= 0.3 is 6.03 Å². The molecule has 0 bridgehead atoms. The number of urea groups is 1. The second-order valence-electron chi connectivity index (χ2n) is 4.69. The summed E-state index contributed by atoms with van der Waals surface area (Å²) in [5.74, 6) is 0. The van der Waals surface area contributed by atoms with Crippen LogP contribution >= 0.6 is 11.6 Å². The van der Waals surface area contributed by atoms with E-state index in [1.54, 1.807) is 12.1 Å². The topological polar surface area (TPSA) is 53.2 Å². The number of hydrogen-bond acceptors (Lipinski definition) is 2. The Bertz CT molecular complexity index is 613. The highest BCUT2D eigenvalue weighted by Gasteiger charge is 2.06. The minimum Gasteiger partial charge on any atom is -0.313 e. The zero-order chi connectivity index (χ0) is 15.2. The van der Waals surface area contributed by atoms with E-state index in [9.17, 15) is 4.79 Å². The Hall–Kier alpha value is -2.04. The summed E-state index contributed by atoms with van der Waals surface area (Å²) in [5, 5.41) is 9.16. The van der Waals surface area contributed by atoms with Crippen molar-refractivity contribution >= 4 is 29.0 Å². The molecule has 0 saturated heterocycles. The molecule has 0 radical (unpaired) electrons. The highest BCUT2D eigenvalue weighted by Crippen LogP contribution is 2.21. The monoisotopic (exact) mass is 303 g/mol. The number of carbonyl (C=O) groups excluding carboxylic acids is 1. The van der Waals surface area contributed by atoms with Crippen LogP contribution < -0.4 is 16.0 Å². The fourth-order valence-corrected chi connectivity index (χ4v) is 2.05. The molecule has 1 atom stereocenters. The summed E-state index contributed by atoms with van der Waals surface area (Å²) in [4.78, 5) is 11.9. The number of anilines is 2. The van der Waals surface area contributed by atoms with Crippen molar-refractivity contribution in [3.63, 3.8) is 0 Å². The molecule has 0 spiro atoms. The maximum absolute atomic E-state index is 11.9. The first-order chi connectivity index (χ1) is 10.1. The molecule has 0 aliphatic heterocycles. The summed E-state index contributed by atoms with van der Waals surface area (Å²) in [6.45, 7) is 2.08. The molecule has 0 aromatic heterocycles. The normalized spacial score (nSPS) is 11.8. The van der Waals surface area contributed by atoms with E-state index in [0.29, 0.717) is 10.7 Å². The number of amides is 2. The maximum atomic E-state index is 11.9. The van der Waals surface area contributed by atoms with E-state index in [-0.39, 0.29) is 12.1 Å². The SMILES string of the molecule is CNC(C)c1ccc(NC(=O)Nc2ccccc2Cl)cc1. The van der Waals surface area contributed by atoms with Crippen LogP contribution in [0.25, 0.3) is 0 Å². The summed E-state index contributed by atoms with van der Waals surface area (Å²) < 4.78 is 0. The van der Waals surface area contributed by atoms with Gasteiger partial charge in [-0.1, -0.05) is 35.9 Å². The third kappa shape index (κ3) is 4.21. The smallest absolute Gasteiger partial charge is 0.313 e. The Morgan fingerprint density at radius 1 is 1.05 bits per heavy atom. The van der Waals surface area contributed by atoms with E-state index in [1.165, 1.54) is 0 Å². The molecule has 0 aliphatic rings. The van der Waals surface area contributed by atoms with Crippen molar-refractivity contribution in [2.24, 2.45) is 0 Å². The fraction of sp³-hybridized carbons (Fsp3) is 0.188. The van der Waals surface area contributed by atoms with E-state index in [0.717, 1.165) is 11.3 Å². The molecule has 1 unspecified atom stereocenters. The van der Waals surface area contributed by atoms with Gasteiger partial charge in [0, 0.05) is 11.7 Å². The van der Waals surface area contributed by atoms with Gasteiger partial charge in [-0.3, -0.25) is 0 Å². The van der Waals surface area contributed by atoms with Crippen molar-refractivity contribution in [3.8, 4) is 0 Å². The number of halogens is 1. The molecule has 5 heteroatoms. The molecule has 21 heavy (non-hydrogen) atoms. The van der Waals surface area contributed by atoms with Crippen LogP contribution in [0.4, 0.5) is 16.2 Å². The number of para-hydroxylation sites is 1. The lowest BCUT2D eigenvalue weighted by molar-refractivity contribution is 0.262. The lowest BCUT2D eigenvalue weighted by atomic mass is 10.1. The van der Waals surface area contributed by atoms with Crippen molar-refractivity contribution in [3.05, 3.63) is 59.1 Å². The predicted molar refractivity (Wildman–Crippen MR) is 88.0 cm³/mol. The Kier molecular flexibility index (Phi) is 5.20. The van der Waals surface area contributed by atoms with Crippen molar-refractivity contribution in [2.75, 3.05) is 17.7 Å². The van der Waals surface area contributed by atoms with Crippen LogP contribution in [0.3, 0.4) is 0 Å². The Morgan fingerprint density at radius 2 is 1.71 bits per heavy atom. The van der Waals surface area contributed by atoms with Crippen LogP contribution in [-0.2, 0) is 0 Å². The lowest BCUT2D eigenvalue weighted by Gasteiger charge is -2.12. The number of nitrogens with one attached hydrogen (secondary N) is 3. The Morgan fingerprint density at radius 3 is 2.33 bits per heavy atom. The molecule has 2 rings (SSSR count). The average molecular weight is 304 g/mol. The van der Waals surface area contributed by atoms with E-state index in [2.05, 4.69) is 22.9 Å². The third-order valence-corrected chi connectivity index (χ3v) is 3.55. The van der Waals surface area contributed by atoms with Gasteiger partial charge < -0.3 is 16.0 Å². The van der Waals surface area contributed by atoms with Gasteiger partial charge in [0.1, 0.15) is 0 Å². The van der Waals surface area contributed by atoms with Crippen LogP contribution in [-0.4, -0.2) is 13.1 Å². The van der Waals surface area contributed by atoms with Crippen molar-refractivity contribution in [1.29, 1.82) is 0 Å². The van der Waals surface area contributed by atoms with Crippen LogP contribution in [0.15, 0.2) is 48.5 Å². The van der Waals surface area contributed by atoms with Crippen molar-refractivity contribution in [2.45, 2.75) is 13.0 Å². The van der Waals surface area contributed by atoms with Gasteiger partial charge in [0.15, 0.2) is 0 Å². The average Bonchev–Trinajstić information content (AvgIpc) is 2.49. The zero-order valence-electron chi connectivity index (χ0n) is 12.0. The highest BCUT2D eigenvalue weighted by molar-refractivity contribution is 6.33. The summed E-state index contributed by atoms with van der Waals surface area (Å²) in [7, 11) is 1.91. The van der Waals surface area contributed by atoms with Gasteiger partial charge in [-0.25, -0.2) is 4.79 Å². The van der Waals surface area contributed by atoms with Crippen LogP contribution in [0.5, 0.6) is 0 Å². The predicted octanol–water partition coefficient (Wildman–Crippen LogP) is 4.26. The fourth-order valence-electron chi connectivity index (χ4n) is 1.87. The Balaban J connectivity index is 1.98. The summed E-state index contributed by atoms with van der Waals surface area (Å²) in [6, 6.07) is 14.8. The van der Waals surface area contributed by atoms with Gasteiger partial charge in [0.2, 0.25) is 0 Å². The first-order valence-corrected chi connectivity index (χ1v) is 7.07. The van der Waals surface area contributed by atoms with Crippen molar-refractivity contribution < 1.29 is 4.79 Å². The molecular weight excluding hydrogens is 286 g/mol. The third-order valence-electron chi connectivity index (χ3n) is 3.22. The number of hydrogen-bond donors (Lipinski definition) is 3. The molecule has 0 saturated carbocycles. The van der Waals surface area contributed by atoms with Gasteiger partial charge in [0.05, 0.1) is 10.7 Å². The standard InChI is InChI=1S/C16H18ClN3O/c1-11(18-2)12-7-9-13(10-8-12)19-16(21)20-15-6-4-3-5-14(15)17/h3-11,18H,1-2H3,(H2,19,20,21). The Labute approximate surface area is 129 Å². The molecule has 2 aromatic rings. The molecular formula is C16H18ClN3O. The number of carbonyl (C=O) groups is 1. The molecule has 4 nitrogen and oxygen atoms in total.